The summed E-state index contributed by atoms with van der Waals surface area (Å²) in [6.07, 6.45) is 3.04. The molecule has 3 aromatic carbocycles. The number of nitrogens with zero attached hydrogens (tertiary/aromatic N) is 1. The van der Waals surface area contributed by atoms with E-state index >= 15 is 0 Å². The Morgan fingerprint density at radius 3 is 2.39 bits per heavy atom. The Bertz CT molecular complexity index is 1050. The molecule has 5 rings (SSSR count). The normalized spacial score (nSPS) is 21.5. The lowest BCUT2D eigenvalue weighted by molar-refractivity contribution is -0.125. The highest BCUT2D eigenvalue weighted by Crippen LogP contribution is 2.26. The number of hydrogen-bond donors (Lipinski definition) is 2. The van der Waals surface area contributed by atoms with Gasteiger partial charge in [0.1, 0.15) is 0 Å². The van der Waals surface area contributed by atoms with Crippen LogP contribution in [0.25, 0.3) is 10.8 Å². The van der Waals surface area contributed by atoms with Crippen molar-refractivity contribution < 1.29 is 4.79 Å². The summed E-state index contributed by atoms with van der Waals surface area (Å²) < 4.78 is 0. The second-order valence-electron chi connectivity index (χ2n) is 8.99. The van der Waals surface area contributed by atoms with Crippen LogP contribution in [0, 0.1) is 0 Å². The number of amides is 1. The molecule has 31 heavy (non-hydrogen) atoms. The SMILES string of the molecule is CCNC(=O)[C@@H]1C[C@@H](NC2Cc3ccccc3C2)CN1Cc1ccc2ccccc2c1. The summed E-state index contributed by atoms with van der Waals surface area (Å²) in [5, 5.41) is 9.44. The van der Waals surface area contributed by atoms with Gasteiger partial charge in [-0.15, -0.1) is 0 Å². The molecule has 1 aliphatic carbocycles. The van der Waals surface area contributed by atoms with Crippen LogP contribution in [0.4, 0.5) is 0 Å². The highest BCUT2D eigenvalue weighted by Gasteiger charge is 2.37. The Hall–Kier alpha value is -2.69. The zero-order valence-corrected chi connectivity index (χ0v) is 18.2. The minimum Gasteiger partial charge on any atom is -0.355 e. The number of likely N-dealkylation sites (tertiary alicyclic amines) is 1. The molecule has 2 aliphatic rings. The largest absolute Gasteiger partial charge is 0.355 e. The van der Waals surface area contributed by atoms with Crippen LogP contribution >= 0.6 is 0 Å². The van der Waals surface area contributed by atoms with E-state index in [1.54, 1.807) is 0 Å². The van der Waals surface area contributed by atoms with Crippen molar-refractivity contribution in [2.45, 2.75) is 50.9 Å². The Labute approximate surface area is 184 Å². The van der Waals surface area contributed by atoms with Crippen molar-refractivity contribution in [1.29, 1.82) is 0 Å². The van der Waals surface area contributed by atoms with Crippen molar-refractivity contribution in [1.82, 2.24) is 15.5 Å². The van der Waals surface area contributed by atoms with E-state index < -0.39 is 0 Å². The molecule has 1 aliphatic heterocycles. The first-order valence-electron chi connectivity index (χ1n) is 11.5. The quantitative estimate of drug-likeness (QED) is 0.648. The second kappa shape index (κ2) is 8.81. The minimum atomic E-state index is -0.0762. The van der Waals surface area contributed by atoms with E-state index in [2.05, 4.69) is 82.3 Å². The number of likely N-dealkylation sites (N-methyl/N-ethyl adjacent to an activating group) is 1. The maximum Gasteiger partial charge on any atom is 0.237 e. The van der Waals surface area contributed by atoms with E-state index in [4.69, 9.17) is 0 Å². The molecular formula is C27H31N3O. The number of hydrogen-bond acceptors (Lipinski definition) is 3. The van der Waals surface area contributed by atoms with Gasteiger partial charge in [-0.2, -0.15) is 0 Å². The number of rotatable bonds is 6. The molecule has 0 bridgehead atoms. The number of carbonyl (C=O) groups excluding carboxylic acids is 1. The molecular weight excluding hydrogens is 382 g/mol. The summed E-state index contributed by atoms with van der Waals surface area (Å²) in [6.45, 7) is 4.37. The summed E-state index contributed by atoms with van der Waals surface area (Å²) >= 11 is 0. The lowest BCUT2D eigenvalue weighted by atomic mass is 10.1. The van der Waals surface area contributed by atoms with Gasteiger partial charge in [-0.05, 0) is 59.7 Å². The molecule has 0 saturated carbocycles. The molecule has 2 N–H and O–H groups in total. The first-order valence-corrected chi connectivity index (χ1v) is 11.5. The predicted molar refractivity (Wildman–Crippen MR) is 126 cm³/mol. The van der Waals surface area contributed by atoms with E-state index in [0.29, 0.717) is 18.6 Å². The van der Waals surface area contributed by atoms with Crippen molar-refractivity contribution in [3.05, 3.63) is 83.4 Å². The molecule has 1 amide bonds. The minimum absolute atomic E-state index is 0.0762. The van der Waals surface area contributed by atoms with E-state index in [1.165, 1.54) is 27.5 Å². The maximum atomic E-state index is 12.8. The summed E-state index contributed by atoms with van der Waals surface area (Å²) in [5.74, 6) is 0.155. The van der Waals surface area contributed by atoms with Crippen LogP contribution in [0.5, 0.6) is 0 Å². The van der Waals surface area contributed by atoms with Crippen molar-refractivity contribution >= 4 is 16.7 Å². The van der Waals surface area contributed by atoms with Crippen molar-refractivity contribution in [3.63, 3.8) is 0 Å². The standard InChI is InChI=1S/C27H31N3O/c1-2-28-27(31)26-16-25(29-24-14-22-9-5-6-10-23(22)15-24)18-30(26)17-19-11-12-20-7-3-4-8-21(20)13-19/h3-13,24-26,29H,2,14-18H2,1H3,(H,28,31)/t25-,26+/m1/s1. The fraction of sp³-hybridized carbons (Fsp3) is 0.370. The van der Waals surface area contributed by atoms with Crippen molar-refractivity contribution in [2.75, 3.05) is 13.1 Å². The van der Waals surface area contributed by atoms with Gasteiger partial charge in [-0.25, -0.2) is 0 Å². The van der Waals surface area contributed by atoms with Crippen LogP contribution in [0.1, 0.15) is 30.0 Å². The van der Waals surface area contributed by atoms with Gasteiger partial charge in [-0.3, -0.25) is 9.69 Å². The van der Waals surface area contributed by atoms with Crippen LogP contribution in [0.3, 0.4) is 0 Å². The molecule has 0 aromatic heterocycles. The number of benzene rings is 3. The van der Waals surface area contributed by atoms with Crippen LogP contribution in [0.15, 0.2) is 66.7 Å². The van der Waals surface area contributed by atoms with Crippen LogP contribution < -0.4 is 10.6 Å². The summed E-state index contributed by atoms with van der Waals surface area (Å²) in [7, 11) is 0. The van der Waals surface area contributed by atoms with Gasteiger partial charge >= 0.3 is 0 Å². The molecule has 0 unspecified atom stereocenters. The van der Waals surface area contributed by atoms with Gasteiger partial charge in [0.2, 0.25) is 5.91 Å². The molecule has 0 radical (unpaired) electrons. The Morgan fingerprint density at radius 2 is 1.65 bits per heavy atom. The third kappa shape index (κ3) is 4.36. The number of carbonyl (C=O) groups is 1. The highest BCUT2D eigenvalue weighted by molar-refractivity contribution is 5.83. The third-order valence-electron chi connectivity index (χ3n) is 6.78. The predicted octanol–water partition coefficient (Wildman–Crippen LogP) is 3.68. The first-order chi connectivity index (χ1) is 15.2. The van der Waals surface area contributed by atoms with Gasteiger partial charge in [0.05, 0.1) is 6.04 Å². The first kappa shape index (κ1) is 20.2. The van der Waals surface area contributed by atoms with Crippen LogP contribution in [-0.2, 0) is 24.2 Å². The zero-order valence-electron chi connectivity index (χ0n) is 18.2. The summed E-state index contributed by atoms with van der Waals surface area (Å²) in [4.78, 5) is 15.2. The van der Waals surface area contributed by atoms with E-state index in [0.717, 1.165) is 32.4 Å². The highest BCUT2D eigenvalue weighted by atomic mass is 16.2. The molecule has 1 saturated heterocycles. The maximum absolute atomic E-state index is 12.8. The third-order valence-corrected chi connectivity index (χ3v) is 6.78. The fourth-order valence-electron chi connectivity index (χ4n) is 5.35. The molecule has 4 nitrogen and oxygen atoms in total. The topological polar surface area (TPSA) is 44.4 Å². The Kier molecular flexibility index (Phi) is 5.75. The van der Waals surface area contributed by atoms with Gasteiger partial charge < -0.3 is 10.6 Å². The Balaban J connectivity index is 1.29. The van der Waals surface area contributed by atoms with Gasteiger partial charge in [0, 0.05) is 31.7 Å². The molecule has 0 spiro atoms. The second-order valence-corrected chi connectivity index (χ2v) is 8.99. The molecule has 3 aromatic rings. The van der Waals surface area contributed by atoms with Crippen LogP contribution in [-0.4, -0.2) is 42.0 Å². The molecule has 4 heteroatoms. The average Bonchev–Trinajstić information content (AvgIpc) is 3.37. The van der Waals surface area contributed by atoms with E-state index in [9.17, 15) is 4.79 Å². The van der Waals surface area contributed by atoms with Gasteiger partial charge in [0.25, 0.3) is 0 Å². The van der Waals surface area contributed by atoms with Gasteiger partial charge in [-0.1, -0.05) is 60.7 Å². The Morgan fingerprint density at radius 1 is 0.935 bits per heavy atom. The van der Waals surface area contributed by atoms with Crippen molar-refractivity contribution in [3.8, 4) is 0 Å². The van der Waals surface area contributed by atoms with Crippen molar-refractivity contribution in [2.24, 2.45) is 0 Å². The monoisotopic (exact) mass is 413 g/mol. The zero-order chi connectivity index (χ0) is 21.2. The summed E-state index contributed by atoms with van der Waals surface area (Å²) in [6, 6.07) is 24.6. The summed E-state index contributed by atoms with van der Waals surface area (Å²) in [5.41, 5.74) is 4.19. The van der Waals surface area contributed by atoms with E-state index in [-0.39, 0.29) is 11.9 Å². The number of fused-ring (bicyclic) bond motifs is 2. The smallest absolute Gasteiger partial charge is 0.237 e. The van der Waals surface area contributed by atoms with Gasteiger partial charge in [0.15, 0.2) is 0 Å². The fourth-order valence-corrected chi connectivity index (χ4v) is 5.35. The average molecular weight is 414 g/mol. The van der Waals surface area contributed by atoms with E-state index in [1.807, 2.05) is 6.92 Å². The molecule has 2 atom stereocenters. The lowest BCUT2D eigenvalue weighted by Crippen LogP contribution is -2.42. The van der Waals surface area contributed by atoms with Crippen LogP contribution in [0.2, 0.25) is 0 Å². The molecule has 1 heterocycles. The molecule has 1 fully saturated rings. The number of nitrogens with one attached hydrogen (secondary N) is 2. The molecule has 160 valence electrons. The lowest BCUT2D eigenvalue weighted by Gasteiger charge is -2.23.